The standard InChI is InChI=1S/C29H34N2O4/c1-20-9-8-11-25(21(20)2)31-27(32)19-35-26-12-7-6-10-24(26)28(33)30-17-18-34-23-15-13-22(14-16-23)29(3,4)5/h6-16H,17-19H2,1-5H3,(H,30,33)(H,31,32). The van der Waals surface area contributed by atoms with E-state index in [4.69, 9.17) is 9.47 Å². The van der Waals surface area contributed by atoms with Crippen molar-refractivity contribution >= 4 is 17.5 Å². The van der Waals surface area contributed by atoms with Crippen molar-refractivity contribution in [2.45, 2.75) is 40.0 Å². The normalized spacial score (nSPS) is 11.0. The molecule has 3 rings (SSSR count). The molecule has 6 nitrogen and oxygen atoms in total. The molecule has 0 heterocycles. The smallest absolute Gasteiger partial charge is 0.262 e. The second-order valence-corrected chi connectivity index (χ2v) is 9.46. The third-order valence-corrected chi connectivity index (χ3v) is 5.75. The number of aryl methyl sites for hydroxylation is 1. The van der Waals surface area contributed by atoms with E-state index < -0.39 is 0 Å². The van der Waals surface area contributed by atoms with Crippen molar-refractivity contribution in [3.63, 3.8) is 0 Å². The molecule has 0 radical (unpaired) electrons. The fourth-order valence-electron chi connectivity index (χ4n) is 3.48. The van der Waals surface area contributed by atoms with Crippen molar-refractivity contribution in [1.29, 1.82) is 0 Å². The lowest BCUT2D eigenvalue weighted by atomic mass is 9.87. The van der Waals surface area contributed by atoms with Gasteiger partial charge in [0.2, 0.25) is 0 Å². The minimum Gasteiger partial charge on any atom is -0.492 e. The molecule has 0 saturated heterocycles. The van der Waals surface area contributed by atoms with E-state index in [1.807, 2.05) is 44.2 Å². The molecule has 3 aromatic carbocycles. The number of rotatable bonds is 9. The number of hydrogen-bond acceptors (Lipinski definition) is 4. The third-order valence-electron chi connectivity index (χ3n) is 5.75. The van der Waals surface area contributed by atoms with Gasteiger partial charge in [-0.05, 0) is 66.3 Å². The summed E-state index contributed by atoms with van der Waals surface area (Å²) in [5.74, 6) is 0.521. The molecule has 6 heteroatoms. The molecule has 35 heavy (non-hydrogen) atoms. The molecule has 0 unspecified atom stereocenters. The summed E-state index contributed by atoms with van der Waals surface area (Å²) in [6.07, 6.45) is 0. The molecular weight excluding hydrogens is 440 g/mol. The quantitative estimate of drug-likeness (QED) is 0.406. The molecule has 2 N–H and O–H groups in total. The predicted molar refractivity (Wildman–Crippen MR) is 139 cm³/mol. The van der Waals surface area contributed by atoms with Gasteiger partial charge in [-0.3, -0.25) is 9.59 Å². The van der Waals surface area contributed by atoms with E-state index in [0.717, 1.165) is 22.6 Å². The topological polar surface area (TPSA) is 76.7 Å². The summed E-state index contributed by atoms with van der Waals surface area (Å²) in [5.41, 5.74) is 4.53. The van der Waals surface area contributed by atoms with E-state index in [0.29, 0.717) is 24.5 Å². The van der Waals surface area contributed by atoms with Crippen LogP contribution in [0.15, 0.2) is 66.7 Å². The highest BCUT2D eigenvalue weighted by atomic mass is 16.5. The average molecular weight is 475 g/mol. The van der Waals surface area contributed by atoms with Gasteiger partial charge in [0.05, 0.1) is 12.1 Å². The fourth-order valence-corrected chi connectivity index (χ4v) is 3.48. The number of hydrogen-bond donors (Lipinski definition) is 2. The van der Waals surface area contributed by atoms with Gasteiger partial charge in [0.25, 0.3) is 11.8 Å². The molecule has 0 atom stereocenters. The van der Waals surface area contributed by atoms with Crippen molar-refractivity contribution in [2.24, 2.45) is 0 Å². The zero-order valence-corrected chi connectivity index (χ0v) is 21.1. The number of benzene rings is 3. The highest BCUT2D eigenvalue weighted by Gasteiger charge is 2.15. The van der Waals surface area contributed by atoms with Crippen molar-refractivity contribution in [2.75, 3.05) is 25.1 Å². The Morgan fingerprint density at radius 2 is 1.57 bits per heavy atom. The van der Waals surface area contributed by atoms with Gasteiger partial charge in [0.1, 0.15) is 18.1 Å². The van der Waals surface area contributed by atoms with Crippen molar-refractivity contribution < 1.29 is 19.1 Å². The van der Waals surface area contributed by atoms with E-state index in [-0.39, 0.29) is 23.8 Å². The van der Waals surface area contributed by atoms with Crippen LogP contribution in [0, 0.1) is 13.8 Å². The average Bonchev–Trinajstić information content (AvgIpc) is 2.83. The van der Waals surface area contributed by atoms with E-state index in [2.05, 4.69) is 43.5 Å². The Balaban J connectivity index is 1.49. The van der Waals surface area contributed by atoms with E-state index in [1.54, 1.807) is 24.3 Å². The number of amides is 2. The van der Waals surface area contributed by atoms with Crippen LogP contribution in [0.3, 0.4) is 0 Å². The first-order chi connectivity index (χ1) is 16.6. The molecule has 0 bridgehead atoms. The first-order valence-electron chi connectivity index (χ1n) is 11.7. The molecular formula is C29H34N2O4. The number of carbonyl (C=O) groups excluding carboxylic acids is 2. The number of nitrogens with one attached hydrogen (secondary N) is 2. The van der Waals surface area contributed by atoms with Gasteiger partial charge in [-0.2, -0.15) is 0 Å². The third kappa shape index (κ3) is 7.34. The van der Waals surface area contributed by atoms with Crippen LogP contribution < -0.4 is 20.1 Å². The fraction of sp³-hybridized carbons (Fsp3) is 0.310. The molecule has 0 aliphatic carbocycles. The maximum Gasteiger partial charge on any atom is 0.262 e. The van der Waals surface area contributed by atoms with Crippen molar-refractivity contribution in [3.05, 3.63) is 89.0 Å². The second-order valence-electron chi connectivity index (χ2n) is 9.46. The predicted octanol–water partition coefficient (Wildman–Crippen LogP) is 5.43. The van der Waals surface area contributed by atoms with Crippen LogP contribution in [0.2, 0.25) is 0 Å². The molecule has 2 amide bonds. The zero-order valence-electron chi connectivity index (χ0n) is 21.1. The summed E-state index contributed by atoms with van der Waals surface area (Å²) < 4.78 is 11.4. The maximum absolute atomic E-state index is 12.7. The molecule has 0 spiro atoms. The van der Waals surface area contributed by atoms with Crippen LogP contribution in [-0.2, 0) is 10.2 Å². The van der Waals surface area contributed by atoms with Gasteiger partial charge in [-0.15, -0.1) is 0 Å². The lowest BCUT2D eigenvalue weighted by molar-refractivity contribution is -0.118. The van der Waals surface area contributed by atoms with Crippen LogP contribution in [0.25, 0.3) is 0 Å². The Morgan fingerprint density at radius 1 is 0.857 bits per heavy atom. The van der Waals surface area contributed by atoms with Crippen LogP contribution in [0.5, 0.6) is 11.5 Å². The monoisotopic (exact) mass is 474 g/mol. The first-order valence-corrected chi connectivity index (χ1v) is 11.7. The lowest BCUT2D eigenvalue weighted by Gasteiger charge is -2.19. The van der Waals surface area contributed by atoms with Gasteiger partial charge in [0.15, 0.2) is 6.61 Å². The molecule has 0 fully saturated rings. The number of ether oxygens (including phenoxy) is 2. The second kappa shape index (κ2) is 11.6. The largest absolute Gasteiger partial charge is 0.492 e. The van der Waals surface area contributed by atoms with E-state index >= 15 is 0 Å². The Morgan fingerprint density at radius 3 is 2.29 bits per heavy atom. The van der Waals surface area contributed by atoms with Crippen LogP contribution in [-0.4, -0.2) is 31.6 Å². The van der Waals surface area contributed by atoms with Crippen LogP contribution in [0.1, 0.15) is 47.8 Å². The summed E-state index contributed by atoms with van der Waals surface area (Å²) in [7, 11) is 0. The lowest BCUT2D eigenvalue weighted by Crippen LogP contribution is -2.29. The van der Waals surface area contributed by atoms with Gasteiger partial charge >= 0.3 is 0 Å². The maximum atomic E-state index is 12.7. The summed E-state index contributed by atoms with van der Waals surface area (Å²) in [4.78, 5) is 25.1. The van der Waals surface area contributed by atoms with Gasteiger partial charge in [-0.1, -0.05) is 57.2 Å². The summed E-state index contributed by atoms with van der Waals surface area (Å²) >= 11 is 0. The van der Waals surface area contributed by atoms with Gasteiger partial charge in [-0.25, -0.2) is 0 Å². The van der Waals surface area contributed by atoms with Crippen LogP contribution in [0.4, 0.5) is 5.69 Å². The summed E-state index contributed by atoms with van der Waals surface area (Å²) in [6, 6.07) is 20.6. The minimum atomic E-state index is -0.292. The van der Waals surface area contributed by atoms with Gasteiger partial charge in [0, 0.05) is 5.69 Å². The number of anilines is 1. The number of para-hydroxylation sites is 1. The van der Waals surface area contributed by atoms with E-state index in [1.165, 1.54) is 5.56 Å². The summed E-state index contributed by atoms with van der Waals surface area (Å²) in [5, 5.41) is 5.70. The highest BCUT2D eigenvalue weighted by Crippen LogP contribution is 2.24. The SMILES string of the molecule is Cc1cccc(NC(=O)COc2ccccc2C(=O)NCCOc2ccc(C(C)(C)C)cc2)c1C. The highest BCUT2D eigenvalue weighted by molar-refractivity contribution is 5.97. The van der Waals surface area contributed by atoms with E-state index in [9.17, 15) is 9.59 Å². The molecule has 0 aliphatic heterocycles. The number of carbonyl (C=O) groups is 2. The summed E-state index contributed by atoms with van der Waals surface area (Å²) in [6.45, 7) is 10.9. The minimum absolute atomic E-state index is 0.0855. The van der Waals surface area contributed by atoms with Crippen molar-refractivity contribution in [1.82, 2.24) is 5.32 Å². The van der Waals surface area contributed by atoms with Gasteiger partial charge < -0.3 is 20.1 Å². The molecule has 0 saturated carbocycles. The first kappa shape index (κ1) is 25.8. The van der Waals surface area contributed by atoms with Crippen molar-refractivity contribution in [3.8, 4) is 11.5 Å². The Bertz CT molecular complexity index is 1160. The Labute approximate surface area is 207 Å². The molecule has 0 aromatic heterocycles. The van der Waals surface area contributed by atoms with Crippen LogP contribution >= 0.6 is 0 Å². The molecule has 3 aromatic rings. The molecule has 184 valence electrons. The zero-order chi connectivity index (χ0) is 25.4. The Kier molecular flexibility index (Phi) is 8.53. The molecule has 0 aliphatic rings. The Hall–Kier alpha value is -3.80.